The molecule has 2 aliphatic rings. The predicted molar refractivity (Wildman–Crippen MR) is 113 cm³/mol. The summed E-state index contributed by atoms with van der Waals surface area (Å²) in [5.74, 6) is 1.37. The van der Waals surface area contributed by atoms with Crippen LogP contribution in [0.3, 0.4) is 0 Å². The molecule has 2 fully saturated rings. The average Bonchev–Trinajstić information content (AvgIpc) is 2.63. The SMILES string of the molecule is C[C@H]1CCCN(CC(=O)Nc2ccc(NC(=O)CN3CCC[C@H](C)C3)cc2)C1. The van der Waals surface area contributed by atoms with Gasteiger partial charge in [0.1, 0.15) is 0 Å². The van der Waals surface area contributed by atoms with E-state index in [2.05, 4.69) is 34.3 Å². The van der Waals surface area contributed by atoms with E-state index in [4.69, 9.17) is 0 Å². The van der Waals surface area contributed by atoms with Crippen LogP contribution >= 0.6 is 0 Å². The van der Waals surface area contributed by atoms with E-state index in [1.807, 2.05) is 24.3 Å². The highest BCUT2D eigenvalue weighted by Crippen LogP contribution is 2.18. The molecule has 0 unspecified atom stereocenters. The Morgan fingerprint density at radius 3 is 1.57 bits per heavy atom. The predicted octanol–water partition coefficient (Wildman–Crippen LogP) is 3.03. The topological polar surface area (TPSA) is 64.7 Å². The fourth-order valence-corrected chi connectivity index (χ4v) is 4.30. The summed E-state index contributed by atoms with van der Waals surface area (Å²) in [7, 11) is 0. The van der Waals surface area contributed by atoms with Crippen LogP contribution in [0.4, 0.5) is 11.4 Å². The van der Waals surface area contributed by atoms with Gasteiger partial charge in [0.15, 0.2) is 0 Å². The van der Waals surface area contributed by atoms with E-state index in [0.29, 0.717) is 24.9 Å². The van der Waals surface area contributed by atoms with Crippen molar-refractivity contribution in [1.29, 1.82) is 0 Å². The number of nitrogens with zero attached hydrogens (tertiary/aromatic N) is 2. The lowest BCUT2D eigenvalue weighted by atomic mass is 10.0. The molecule has 0 aromatic heterocycles. The number of amides is 2. The number of hydrogen-bond donors (Lipinski definition) is 2. The molecule has 2 heterocycles. The minimum absolute atomic E-state index is 0.0186. The first-order valence-electron chi connectivity index (χ1n) is 10.6. The third-order valence-electron chi connectivity index (χ3n) is 5.67. The third kappa shape index (κ3) is 6.60. The van der Waals surface area contributed by atoms with E-state index in [1.165, 1.54) is 25.7 Å². The lowest BCUT2D eigenvalue weighted by Gasteiger charge is -2.30. The van der Waals surface area contributed by atoms with Gasteiger partial charge in [-0.15, -0.1) is 0 Å². The molecule has 154 valence electrons. The number of benzene rings is 1. The second-order valence-electron chi connectivity index (χ2n) is 8.64. The van der Waals surface area contributed by atoms with Crippen LogP contribution < -0.4 is 10.6 Å². The molecule has 0 bridgehead atoms. The Kier molecular flexibility index (Phi) is 7.45. The van der Waals surface area contributed by atoms with Gasteiger partial charge in [-0.3, -0.25) is 19.4 Å². The van der Waals surface area contributed by atoms with E-state index < -0.39 is 0 Å². The summed E-state index contributed by atoms with van der Waals surface area (Å²) in [5, 5.41) is 5.91. The van der Waals surface area contributed by atoms with Crippen molar-refractivity contribution in [2.45, 2.75) is 39.5 Å². The Morgan fingerprint density at radius 1 is 0.821 bits per heavy atom. The highest BCUT2D eigenvalue weighted by atomic mass is 16.2. The Bertz CT molecular complexity index is 604. The minimum atomic E-state index is 0.0186. The van der Waals surface area contributed by atoms with Gasteiger partial charge in [-0.2, -0.15) is 0 Å². The van der Waals surface area contributed by atoms with Crippen molar-refractivity contribution in [3.63, 3.8) is 0 Å². The molecule has 0 radical (unpaired) electrons. The molecule has 6 nitrogen and oxygen atoms in total. The van der Waals surface area contributed by atoms with E-state index in [0.717, 1.165) is 37.6 Å². The fraction of sp³-hybridized carbons (Fsp3) is 0.636. The smallest absolute Gasteiger partial charge is 0.238 e. The number of carbonyl (C=O) groups is 2. The van der Waals surface area contributed by atoms with Crippen LogP contribution in [0.25, 0.3) is 0 Å². The van der Waals surface area contributed by atoms with E-state index in [1.54, 1.807) is 0 Å². The van der Waals surface area contributed by atoms with Crippen molar-refractivity contribution in [3.8, 4) is 0 Å². The summed E-state index contributed by atoms with van der Waals surface area (Å²) in [6, 6.07) is 7.37. The first kappa shape index (κ1) is 20.8. The quantitative estimate of drug-likeness (QED) is 0.789. The molecular weight excluding hydrogens is 352 g/mol. The summed E-state index contributed by atoms with van der Waals surface area (Å²) in [6.45, 7) is 9.35. The molecule has 0 spiro atoms. The number of nitrogens with one attached hydrogen (secondary N) is 2. The van der Waals surface area contributed by atoms with Crippen molar-refractivity contribution >= 4 is 23.2 Å². The monoisotopic (exact) mass is 386 g/mol. The van der Waals surface area contributed by atoms with Crippen molar-refractivity contribution in [3.05, 3.63) is 24.3 Å². The van der Waals surface area contributed by atoms with Gasteiger partial charge in [-0.1, -0.05) is 13.8 Å². The molecule has 0 saturated carbocycles. The summed E-state index contributed by atoms with van der Waals surface area (Å²) in [6.07, 6.45) is 4.84. The Balaban J connectivity index is 1.42. The van der Waals surface area contributed by atoms with Crippen LogP contribution in [0.15, 0.2) is 24.3 Å². The molecule has 1 aromatic rings. The van der Waals surface area contributed by atoms with E-state index in [-0.39, 0.29) is 11.8 Å². The molecule has 2 atom stereocenters. The van der Waals surface area contributed by atoms with Gasteiger partial charge < -0.3 is 10.6 Å². The molecule has 0 aliphatic carbocycles. The van der Waals surface area contributed by atoms with Crippen LogP contribution in [-0.2, 0) is 9.59 Å². The molecular formula is C22H34N4O2. The minimum Gasteiger partial charge on any atom is -0.325 e. The second kappa shape index (κ2) is 10.0. The molecule has 2 amide bonds. The van der Waals surface area contributed by atoms with Gasteiger partial charge in [0, 0.05) is 24.5 Å². The Hall–Kier alpha value is -1.92. The molecule has 2 N–H and O–H groups in total. The Morgan fingerprint density at radius 2 is 1.21 bits per heavy atom. The highest BCUT2D eigenvalue weighted by molar-refractivity contribution is 5.94. The van der Waals surface area contributed by atoms with E-state index >= 15 is 0 Å². The largest absolute Gasteiger partial charge is 0.325 e. The van der Waals surface area contributed by atoms with Gasteiger partial charge in [-0.05, 0) is 74.9 Å². The van der Waals surface area contributed by atoms with Crippen molar-refractivity contribution in [1.82, 2.24) is 9.80 Å². The molecule has 1 aromatic carbocycles. The molecule has 3 rings (SSSR count). The second-order valence-corrected chi connectivity index (χ2v) is 8.64. The zero-order valence-electron chi connectivity index (χ0n) is 17.2. The van der Waals surface area contributed by atoms with Crippen molar-refractivity contribution in [2.75, 3.05) is 49.9 Å². The third-order valence-corrected chi connectivity index (χ3v) is 5.67. The van der Waals surface area contributed by atoms with E-state index in [9.17, 15) is 9.59 Å². The first-order valence-corrected chi connectivity index (χ1v) is 10.6. The van der Waals surface area contributed by atoms with Crippen LogP contribution in [0, 0.1) is 11.8 Å². The summed E-state index contributed by atoms with van der Waals surface area (Å²) in [4.78, 5) is 29.0. The maximum Gasteiger partial charge on any atom is 0.238 e. The van der Waals surface area contributed by atoms with Gasteiger partial charge in [0.25, 0.3) is 0 Å². The van der Waals surface area contributed by atoms with Crippen molar-refractivity contribution < 1.29 is 9.59 Å². The van der Waals surface area contributed by atoms with Gasteiger partial charge in [0.05, 0.1) is 13.1 Å². The van der Waals surface area contributed by atoms with Gasteiger partial charge in [0.2, 0.25) is 11.8 Å². The maximum absolute atomic E-state index is 12.3. The number of hydrogen-bond acceptors (Lipinski definition) is 4. The number of piperidine rings is 2. The van der Waals surface area contributed by atoms with Crippen LogP contribution in [0.2, 0.25) is 0 Å². The lowest BCUT2D eigenvalue weighted by Crippen LogP contribution is -2.39. The van der Waals surface area contributed by atoms with Crippen LogP contribution in [0.1, 0.15) is 39.5 Å². The molecule has 28 heavy (non-hydrogen) atoms. The zero-order valence-corrected chi connectivity index (χ0v) is 17.2. The van der Waals surface area contributed by atoms with Gasteiger partial charge in [-0.25, -0.2) is 0 Å². The summed E-state index contributed by atoms with van der Waals surface area (Å²) in [5.41, 5.74) is 1.52. The Labute approximate surface area is 168 Å². The first-order chi connectivity index (χ1) is 13.5. The number of anilines is 2. The number of carbonyl (C=O) groups excluding carboxylic acids is 2. The normalized spacial score (nSPS) is 23.9. The lowest BCUT2D eigenvalue weighted by molar-refractivity contribution is -0.118. The summed E-state index contributed by atoms with van der Waals surface area (Å²) >= 11 is 0. The zero-order chi connectivity index (χ0) is 19.9. The number of rotatable bonds is 6. The van der Waals surface area contributed by atoms with Crippen LogP contribution in [0.5, 0.6) is 0 Å². The van der Waals surface area contributed by atoms with Gasteiger partial charge >= 0.3 is 0 Å². The number of likely N-dealkylation sites (tertiary alicyclic amines) is 2. The summed E-state index contributed by atoms with van der Waals surface area (Å²) < 4.78 is 0. The van der Waals surface area contributed by atoms with Crippen LogP contribution in [-0.4, -0.2) is 60.9 Å². The maximum atomic E-state index is 12.3. The molecule has 6 heteroatoms. The standard InChI is InChI=1S/C22H34N4O2/c1-17-5-3-11-25(13-17)15-21(27)23-19-7-9-20(10-8-19)24-22(28)16-26-12-4-6-18(2)14-26/h7-10,17-18H,3-6,11-16H2,1-2H3,(H,23,27)(H,24,28)/t17-,18-/m0/s1. The highest BCUT2D eigenvalue weighted by Gasteiger charge is 2.19. The molecule has 2 aliphatic heterocycles. The molecule has 2 saturated heterocycles. The average molecular weight is 387 g/mol. The van der Waals surface area contributed by atoms with Crippen molar-refractivity contribution in [2.24, 2.45) is 11.8 Å². The fourth-order valence-electron chi connectivity index (χ4n) is 4.30.